The molecule has 77 heavy (non-hydrogen) atoms. The van der Waals surface area contributed by atoms with Gasteiger partial charge in [-0.1, -0.05) is 75.2 Å². The molecule has 2 saturated heterocycles. The lowest BCUT2D eigenvalue weighted by Crippen LogP contribution is -2.57. The largest absolute Gasteiger partial charge is 0.489 e. The fraction of sp³-hybridized carbons (Fsp3) is 0.491. The monoisotopic (exact) mass is 1110 g/mol. The number of rotatable bonds is 21. The molecule has 0 bridgehead atoms. The number of carbonyl (C=O) groups excluding carboxylic acids is 4. The number of hydrogen-bond acceptors (Lipinski definition) is 14. The fourth-order valence-corrected chi connectivity index (χ4v) is 12.0. The number of nitrogens with one attached hydrogen (secondary N) is 5. The average molecular weight is 1110 g/mol. The van der Waals surface area contributed by atoms with Gasteiger partial charge in [0.25, 0.3) is 0 Å². The van der Waals surface area contributed by atoms with Gasteiger partial charge >= 0.3 is 0 Å². The highest BCUT2D eigenvalue weighted by atomic mass is 35.5. The molecule has 5 aromatic rings. The van der Waals surface area contributed by atoms with Crippen molar-refractivity contribution in [3.63, 3.8) is 0 Å². The van der Waals surface area contributed by atoms with Crippen LogP contribution in [-0.2, 0) is 35.5 Å². The van der Waals surface area contributed by atoms with Gasteiger partial charge in [-0.25, -0.2) is 19.0 Å². The Labute approximate surface area is 462 Å². The molecule has 414 valence electrons. The number of ether oxygens (including phenoxy) is 1. The molecule has 2 aliphatic heterocycles. The summed E-state index contributed by atoms with van der Waals surface area (Å²) in [5.41, 5.74) is 7.38. The lowest BCUT2D eigenvalue weighted by atomic mass is 9.85. The molecule has 7 rings (SSSR count). The van der Waals surface area contributed by atoms with Crippen molar-refractivity contribution >= 4 is 79.4 Å². The Morgan fingerprint density at radius 3 is 2.30 bits per heavy atom. The zero-order valence-corrected chi connectivity index (χ0v) is 48.1. The molecular weight excluding hydrogens is 1040 g/mol. The van der Waals surface area contributed by atoms with Crippen molar-refractivity contribution in [2.45, 2.75) is 161 Å². The van der Waals surface area contributed by atoms with Crippen molar-refractivity contribution < 1.29 is 33.2 Å². The molecule has 20 heteroatoms. The van der Waals surface area contributed by atoms with Crippen molar-refractivity contribution in [3.8, 4) is 16.2 Å². The van der Waals surface area contributed by atoms with E-state index in [1.54, 1.807) is 49.4 Å². The van der Waals surface area contributed by atoms with Gasteiger partial charge in [-0.2, -0.15) is 4.98 Å². The summed E-state index contributed by atoms with van der Waals surface area (Å²) in [6.07, 6.45) is 4.55. The fourth-order valence-electron chi connectivity index (χ4n) is 9.79. The van der Waals surface area contributed by atoms with Gasteiger partial charge in [0.05, 0.1) is 60.5 Å². The second-order valence-corrected chi connectivity index (χ2v) is 25.7. The molecule has 0 aliphatic carbocycles. The molecule has 0 spiro atoms. The topological polar surface area (TPSA) is 232 Å². The first-order valence-corrected chi connectivity index (χ1v) is 29.4. The van der Waals surface area contributed by atoms with Gasteiger partial charge in [0.1, 0.15) is 22.9 Å². The number of nitrogens with zero attached hydrogens (tertiary/aromatic N) is 5. The van der Waals surface area contributed by atoms with Crippen LogP contribution in [-0.4, -0.2) is 107 Å². The molecule has 4 heterocycles. The molecule has 0 saturated carbocycles. The number of carbonyl (C=O) groups is 4. The minimum Gasteiger partial charge on any atom is -0.489 e. The van der Waals surface area contributed by atoms with E-state index in [4.69, 9.17) is 21.1 Å². The van der Waals surface area contributed by atoms with E-state index in [1.165, 1.54) is 11.1 Å². The number of para-hydroxylation sites is 1. The quantitative estimate of drug-likeness (QED) is 0.0377. The first-order chi connectivity index (χ1) is 36.5. The van der Waals surface area contributed by atoms with E-state index >= 15 is 0 Å². The number of thiazole rings is 1. The predicted octanol–water partition coefficient (Wildman–Crippen LogP) is 10.4. The van der Waals surface area contributed by atoms with E-state index in [0.717, 1.165) is 45.7 Å². The lowest BCUT2D eigenvalue weighted by molar-refractivity contribution is -0.144. The summed E-state index contributed by atoms with van der Waals surface area (Å²) in [5, 5.41) is 22.9. The second-order valence-electron chi connectivity index (χ2n) is 21.8. The maximum Gasteiger partial charge on any atom is 0.246 e. The number of aryl methyl sites for hydroxylation is 2. The Kier molecular flexibility index (Phi) is 19.4. The van der Waals surface area contributed by atoms with Crippen molar-refractivity contribution in [3.05, 3.63) is 99.8 Å². The number of piperidine rings is 1. The van der Waals surface area contributed by atoms with E-state index in [0.29, 0.717) is 60.8 Å². The number of hydrogen-bond donors (Lipinski definition) is 6. The van der Waals surface area contributed by atoms with Gasteiger partial charge < -0.3 is 40.9 Å². The Hall–Kier alpha value is -6.15. The number of unbranched alkanes of at least 4 members (excludes halogenated alkanes) is 2. The van der Waals surface area contributed by atoms with Crippen molar-refractivity contribution in [2.24, 2.45) is 5.41 Å². The summed E-state index contributed by atoms with van der Waals surface area (Å²) in [6.45, 7) is 18.5. The number of benzene rings is 3. The molecule has 3 aromatic carbocycles. The van der Waals surface area contributed by atoms with E-state index < -0.39 is 44.5 Å². The van der Waals surface area contributed by atoms with Crippen LogP contribution in [0.25, 0.3) is 10.4 Å². The number of amides is 4. The van der Waals surface area contributed by atoms with Crippen LogP contribution in [0.2, 0.25) is 5.02 Å². The first kappa shape index (κ1) is 58.5. The number of aliphatic hydroxyl groups excluding tert-OH is 1. The van der Waals surface area contributed by atoms with Crippen LogP contribution >= 0.6 is 22.9 Å². The summed E-state index contributed by atoms with van der Waals surface area (Å²) in [5.74, 6) is 0.425. The molecule has 2 aromatic heterocycles. The molecule has 2 unspecified atom stereocenters. The maximum absolute atomic E-state index is 14.1. The maximum atomic E-state index is 14.1. The Bertz CT molecular complexity index is 3010. The smallest absolute Gasteiger partial charge is 0.246 e. The van der Waals surface area contributed by atoms with Gasteiger partial charge in [0.2, 0.25) is 29.6 Å². The van der Waals surface area contributed by atoms with E-state index in [2.05, 4.69) is 49.2 Å². The number of aliphatic hydroxyl groups is 1. The molecule has 0 radical (unpaired) electrons. The second kappa shape index (κ2) is 25.5. The Balaban J connectivity index is 0.871. The van der Waals surface area contributed by atoms with Crippen molar-refractivity contribution in [1.82, 2.24) is 35.4 Å². The van der Waals surface area contributed by atoms with Gasteiger partial charge in [-0.15, -0.1) is 11.3 Å². The number of β-amino-alcohol motifs (C(OH)–C–C–N with tert-alkyl or cyclic N) is 1. The molecule has 4 amide bonds. The van der Waals surface area contributed by atoms with Crippen molar-refractivity contribution in [2.75, 3.05) is 30.3 Å². The highest BCUT2D eigenvalue weighted by Gasteiger charge is 2.44. The molecule has 4 atom stereocenters. The van der Waals surface area contributed by atoms with Crippen LogP contribution in [0.15, 0.2) is 77.3 Å². The Morgan fingerprint density at radius 2 is 1.64 bits per heavy atom. The Morgan fingerprint density at radius 1 is 0.935 bits per heavy atom. The standard InChI is InChI=1S/C57H75ClN10O7S2/c1-34(2)75-47-29-42(36(5)27-45(47)64-56-61-31-43(58)53(66-56)63-44-15-13-14-16-48(44)77(59,74)35(3)4)39-23-25-67(26-24-39)50(71)18-12-10-11-17-49(70)65-52(57(7,8)9)55(73)68-32-41(69)28-46(68)54(72)60-30-38-19-21-40(22-20-38)51-37(6)62-33-76-51/h13-16,19-22,27,29,31,33-35,39,41,46,52,59,69H,10-12,17-18,23-26,28,30,32H2,1-9H3,(H,60,72)(H,65,70)(H2,61,63,64,66)/t41-,46+,52?,77?/m1/s1. The molecule has 2 aliphatic rings. The number of aromatic nitrogens is 3. The van der Waals surface area contributed by atoms with Gasteiger partial charge in [-0.05, 0) is 125 Å². The van der Waals surface area contributed by atoms with Crippen LogP contribution in [0.3, 0.4) is 0 Å². The zero-order valence-electron chi connectivity index (χ0n) is 45.7. The van der Waals surface area contributed by atoms with Gasteiger partial charge in [0, 0.05) is 50.7 Å². The lowest BCUT2D eigenvalue weighted by Gasteiger charge is -2.35. The first-order valence-electron chi connectivity index (χ1n) is 26.6. The zero-order chi connectivity index (χ0) is 55.8. The average Bonchev–Trinajstić information content (AvgIpc) is 4.01. The molecular formula is C57H75ClN10O7S2. The summed E-state index contributed by atoms with van der Waals surface area (Å²) < 4.78 is 28.3. The summed E-state index contributed by atoms with van der Waals surface area (Å²) in [7, 11) is -3.11. The SMILES string of the molecule is Cc1cc(Nc2ncc(Cl)c(Nc3ccccc3S(=N)(=O)C(C)C)n2)c(OC(C)C)cc1C1CCN(C(=O)CCCCCC(=O)NC(C(=O)N2C[C@H](O)C[C@H]2C(=O)NCc2ccc(-c3scnc3C)cc2)C(C)(C)C)CC1. The van der Waals surface area contributed by atoms with E-state index in [9.17, 15) is 28.5 Å². The summed E-state index contributed by atoms with van der Waals surface area (Å²) >= 11 is 8.13. The van der Waals surface area contributed by atoms with Crippen LogP contribution < -0.4 is 26.0 Å². The normalized spacial score (nSPS) is 17.3. The third-order valence-corrected chi connectivity index (χ3v) is 17.7. The van der Waals surface area contributed by atoms with Crippen LogP contribution in [0, 0.1) is 24.0 Å². The van der Waals surface area contributed by atoms with E-state index in [-0.39, 0.29) is 72.5 Å². The van der Waals surface area contributed by atoms with Crippen LogP contribution in [0.5, 0.6) is 5.75 Å². The number of likely N-dealkylation sites (tertiary alicyclic amines) is 2. The van der Waals surface area contributed by atoms with Crippen LogP contribution in [0.1, 0.15) is 128 Å². The highest BCUT2D eigenvalue weighted by molar-refractivity contribution is 7.93. The van der Waals surface area contributed by atoms with Crippen molar-refractivity contribution in [1.29, 1.82) is 4.78 Å². The molecule has 17 nitrogen and oxygen atoms in total. The number of anilines is 4. The predicted molar refractivity (Wildman–Crippen MR) is 305 cm³/mol. The van der Waals surface area contributed by atoms with Gasteiger partial charge in [0.15, 0.2) is 5.82 Å². The minimum atomic E-state index is -3.11. The van der Waals surface area contributed by atoms with Crippen LogP contribution in [0.4, 0.5) is 23.1 Å². The third-order valence-electron chi connectivity index (χ3n) is 14.1. The van der Waals surface area contributed by atoms with E-state index in [1.807, 2.05) is 82.3 Å². The number of halogens is 1. The molecule has 6 N–H and O–H groups in total. The minimum absolute atomic E-state index is 0.00636. The molecule has 2 fully saturated rings. The summed E-state index contributed by atoms with van der Waals surface area (Å²) in [4.78, 5) is 72.7. The summed E-state index contributed by atoms with van der Waals surface area (Å²) in [6, 6.07) is 17.1. The van der Waals surface area contributed by atoms with Gasteiger partial charge in [-0.3, -0.25) is 19.2 Å². The highest BCUT2D eigenvalue weighted by Crippen LogP contribution is 2.39. The third kappa shape index (κ3) is 14.9.